The van der Waals surface area contributed by atoms with E-state index in [1.54, 1.807) is 20.9 Å². The van der Waals surface area contributed by atoms with E-state index >= 15 is 9.59 Å². The Morgan fingerprint density at radius 2 is 1.21 bits per heavy atom. The molecule has 7 aliphatic rings. The number of rotatable bonds is 8. The second-order valence-electron chi connectivity index (χ2n) is 27.9. The normalized spacial score (nSPS) is 32.0. The highest BCUT2D eigenvalue weighted by Gasteiger charge is 2.51. The fraction of sp³-hybridized carbons (Fsp3) is 0.831. The van der Waals surface area contributed by atoms with Gasteiger partial charge >= 0.3 is 6.18 Å². The molecule has 3 saturated heterocycles. The zero-order chi connectivity index (χ0) is 66.8. The van der Waals surface area contributed by atoms with Crippen molar-refractivity contribution >= 4 is 76.6 Å². The third kappa shape index (κ3) is 17.7. The van der Waals surface area contributed by atoms with Crippen molar-refractivity contribution in [3.8, 4) is 0 Å². The Balaban J connectivity index is 1.21. The van der Waals surface area contributed by atoms with Gasteiger partial charge in [0, 0.05) is 66.2 Å². The molecule has 7 fully saturated rings. The fourth-order valence-electron chi connectivity index (χ4n) is 15.5. The molecule has 0 radical (unpaired) electrons. The van der Waals surface area contributed by atoms with Crippen molar-refractivity contribution in [3.05, 3.63) is 0 Å². The van der Waals surface area contributed by atoms with Gasteiger partial charge in [-0.3, -0.25) is 52.7 Å². The summed E-state index contributed by atoms with van der Waals surface area (Å²) in [7, 11) is 7.37. The maximum atomic E-state index is 15.2. The standard InChI is InChI=1S/C65H103ClF3N11O11/c1-10-39(2)54-62(90)75(6)38-53(83)79-32-19-25-49(79)61(89)77(8)50(36-42-20-12-11-13-21-42)60(88)74(5)37-51(81)71-47(29-27-43-26-28-45(46(66)35-43)65(67,68)69)59(87)80-33-18-24-48(80)57(85)73-64(30-16-17-31-64)63(91)78(9)55(44-22-14-15-23-44)58(86)70-40(3)34-52(82)76(7)41(4)56(84)72-54/h39-50,54-55H,10-38H2,1-9H3,(H,70,86)(H,71,81)(H,72,84)(H,73,85)/t39-,40+,41-,43?,45?,46?,47-,48-,49-,50-,54-,55-/m0/s1. The number of nitrogens with one attached hydrogen (secondary N) is 4. The van der Waals surface area contributed by atoms with Crippen LogP contribution in [0.25, 0.3) is 0 Å². The zero-order valence-electron chi connectivity index (χ0n) is 55.2. The summed E-state index contributed by atoms with van der Waals surface area (Å²) in [5.74, 6) is -8.83. The molecule has 4 saturated carbocycles. The number of halogens is 4. The number of amides is 11. The Bertz CT molecular complexity index is 2640. The second kappa shape index (κ2) is 31.9. The summed E-state index contributed by atoms with van der Waals surface area (Å²) in [6, 6.07) is -8.41. The molecule has 7 rings (SSSR count). The van der Waals surface area contributed by atoms with Gasteiger partial charge in [-0.25, -0.2) is 0 Å². The van der Waals surface area contributed by atoms with Gasteiger partial charge in [-0.05, 0) is 127 Å². The molecule has 0 aromatic carbocycles. The molecular formula is C65H103ClF3N11O11. The summed E-state index contributed by atoms with van der Waals surface area (Å²) in [6.07, 6.45) is 6.60. The van der Waals surface area contributed by atoms with Crippen LogP contribution in [0.15, 0.2) is 0 Å². The van der Waals surface area contributed by atoms with Crippen molar-refractivity contribution in [1.29, 1.82) is 0 Å². The highest BCUT2D eigenvalue weighted by atomic mass is 35.5. The highest BCUT2D eigenvalue weighted by molar-refractivity contribution is 6.20. The van der Waals surface area contributed by atoms with E-state index in [0.29, 0.717) is 44.9 Å². The average molecular weight is 1310 g/mol. The second-order valence-corrected chi connectivity index (χ2v) is 28.5. The van der Waals surface area contributed by atoms with Crippen molar-refractivity contribution < 1.29 is 65.9 Å². The van der Waals surface area contributed by atoms with E-state index in [0.717, 1.165) is 44.9 Å². The van der Waals surface area contributed by atoms with Gasteiger partial charge in [-0.1, -0.05) is 78.1 Å². The van der Waals surface area contributed by atoms with Crippen LogP contribution in [0.5, 0.6) is 0 Å². The van der Waals surface area contributed by atoms with Crippen LogP contribution in [-0.4, -0.2) is 226 Å². The minimum atomic E-state index is -4.49. The molecule has 3 unspecified atom stereocenters. The molecule has 4 N–H and O–H groups in total. The first-order valence-electron chi connectivity index (χ1n) is 33.8. The number of hydrogen-bond acceptors (Lipinski definition) is 11. The Morgan fingerprint density at radius 1 is 0.593 bits per heavy atom. The van der Waals surface area contributed by atoms with E-state index < -0.39 is 155 Å². The van der Waals surface area contributed by atoms with Crippen LogP contribution in [0, 0.1) is 29.6 Å². The average Bonchev–Trinajstić information content (AvgIpc) is 1.71. The predicted molar refractivity (Wildman–Crippen MR) is 334 cm³/mol. The lowest BCUT2D eigenvalue weighted by molar-refractivity contribution is -0.182. The Kier molecular flexibility index (Phi) is 25.5. The molecule has 512 valence electrons. The third-order valence-electron chi connectivity index (χ3n) is 21.5. The molecule has 12 atom stereocenters. The molecule has 11 amide bonds. The van der Waals surface area contributed by atoms with Crippen molar-refractivity contribution in [2.75, 3.05) is 61.4 Å². The van der Waals surface area contributed by atoms with E-state index in [1.807, 2.05) is 6.92 Å². The smallest absolute Gasteiger partial charge is 0.351 e. The van der Waals surface area contributed by atoms with Crippen LogP contribution in [0.4, 0.5) is 13.2 Å². The number of likely N-dealkylation sites (N-methyl/N-ethyl adjacent to an activating group) is 5. The molecule has 4 aliphatic carbocycles. The topological polar surface area (TPSA) is 259 Å². The fourth-order valence-corrected chi connectivity index (χ4v) is 16.0. The summed E-state index contributed by atoms with van der Waals surface area (Å²) < 4.78 is 41.8. The number of fused-ring (bicyclic) bond motifs is 2. The van der Waals surface area contributed by atoms with Crippen molar-refractivity contribution in [1.82, 2.24) is 55.6 Å². The Morgan fingerprint density at radius 3 is 1.84 bits per heavy atom. The highest BCUT2D eigenvalue weighted by Crippen LogP contribution is 2.44. The van der Waals surface area contributed by atoms with Gasteiger partial charge in [-0.2, -0.15) is 13.2 Å². The van der Waals surface area contributed by atoms with Gasteiger partial charge < -0.3 is 55.6 Å². The van der Waals surface area contributed by atoms with Crippen LogP contribution in [0.1, 0.15) is 188 Å². The number of nitrogens with zero attached hydrogens (tertiary/aromatic N) is 7. The summed E-state index contributed by atoms with van der Waals surface area (Å²) in [4.78, 5) is 170. The van der Waals surface area contributed by atoms with E-state index in [-0.39, 0.29) is 101 Å². The molecule has 22 nitrogen and oxygen atoms in total. The van der Waals surface area contributed by atoms with Crippen LogP contribution < -0.4 is 21.3 Å². The molecule has 0 aromatic rings. The molecule has 0 aromatic heterocycles. The maximum Gasteiger partial charge on any atom is 0.393 e. The molecule has 3 aliphatic heterocycles. The maximum absolute atomic E-state index is 15.2. The van der Waals surface area contributed by atoms with Crippen molar-refractivity contribution in [2.45, 2.75) is 254 Å². The molecule has 0 bridgehead atoms. The van der Waals surface area contributed by atoms with Crippen LogP contribution >= 0.6 is 11.6 Å². The van der Waals surface area contributed by atoms with Gasteiger partial charge in [0.05, 0.1) is 19.0 Å². The van der Waals surface area contributed by atoms with Gasteiger partial charge in [0.1, 0.15) is 47.8 Å². The zero-order valence-corrected chi connectivity index (χ0v) is 56.0. The third-order valence-corrected chi connectivity index (χ3v) is 21.9. The largest absolute Gasteiger partial charge is 0.393 e. The van der Waals surface area contributed by atoms with Crippen LogP contribution in [-0.2, 0) is 52.7 Å². The van der Waals surface area contributed by atoms with E-state index in [9.17, 15) is 56.3 Å². The first-order valence-corrected chi connectivity index (χ1v) is 34.2. The summed E-state index contributed by atoms with van der Waals surface area (Å²) in [5.41, 5.74) is -1.45. The number of carbonyl (C=O) groups excluding carboxylic acids is 11. The lowest BCUT2D eigenvalue weighted by atomic mass is 9.78. The van der Waals surface area contributed by atoms with Gasteiger partial charge in [0.15, 0.2) is 0 Å². The first kappa shape index (κ1) is 72.7. The van der Waals surface area contributed by atoms with Gasteiger partial charge in [0.2, 0.25) is 65.0 Å². The molecule has 91 heavy (non-hydrogen) atoms. The van der Waals surface area contributed by atoms with E-state index in [1.165, 1.54) is 69.4 Å². The lowest BCUT2D eigenvalue weighted by Gasteiger charge is -2.40. The monoisotopic (exact) mass is 1310 g/mol. The predicted octanol–water partition coefficient (Wildman–Crippen LogP) is 5.27. The minimum absolute atomic E-state index is 0.0217. The van der Waals surface area contributed by atoms with E-state index in [2.05, 4.69) is 21.3 Å². The van der Waals surface area contributed by atoms with Crippen LogP contribution in [0.2, 0.25) is 0 Å². The summed E-state index contributed by atoms with van der Waals surface area (Å²) in [6.45, 7) is 6.10. The summed E-state index contributed by atoms with van der Waals surface area (Å²) >= 11 is 6.38. The first-order chi connectivity index (χ1) is 43.0. The quantitative estimate of drug-likeness (QED) is 0.228. The van der Waals surface area contributed by atoms with E-state index in [4.69, 9.17) is 11.6 Å². The van der Waals surface area contributed by atoms with Crippen molar-refractivity contribution in [3.63, 3.8) is 0 Å². The minimum Gasteiger partial charge on any atom is -0.351 e. The Labute approximate surface area is 540 Å². The van der Waals surface area contributed by atoms with Crippen LogP contribution in [0.3, 0.4) is 0 Å². The number of hydrogen-bond donors (Lipinski definition) is 4. The van der Waals surface area contributed by atoms with Gasteiger partial charge in [-0.15, -0.1) is 11.6 Å². The Hall–Kier alpha value is -5.75. The molecule has 1 spiro atoms. The number of carbonyl (C=O) groups is 11. The summed E-state index contributed by atoms with van der Waals surface area (Å²) in [5, 5.41) is 10.5. The van der Waals surface area contributed by atoms with Gasteiger partial charge in [0.25, 0.3) is 0 Å². The SMILES string of the molecule is CC[C@H](C)[C@@H]1NC(=O)[C@H](C)N(C)C(=O)C[C@@H](C)NC(=O)[C@H](C2CCCC2)N(C)C(=O)C2(CCCC2)NC(=O)[C@@H]2CCCN2C(=O)[C@H](CCC2CCC(C(F)(F)F)C(Cl)C2)NC(=O)CN(C)C(=O)[C@H](CC2CCCCC2)N(C)C(=O)[C@@H]2CCCN2C(=O)CN(C)C1=O. The molecular weight excluding hydrogens is 1200 g/mol. The number of alkyl halides is 4. The van der Waals surface area contributed by atoms with Crippen molar-refractivity contribution in [2.24, 2.45) is 29.6 Å². The molecule has 3 heterocycles. The lowest BCUT2D eigenvalue weighted by Crippen LogP contribution is -2.64. The molecule has 26 heteroatoms.